The Morgan fingerprint density at radius 1 is 1.25 bits per heavy atom. The second-order valence-electron chi connectivity index (χ2n) is 3.22. The molecule has 12 heavy (non-hydrogen) atoms. The molecule has 0 unspecified atom stereocenters. The van der Waals surface area contributed by atoms with E-state index in [2.05, 4.69) is 13.8 Å². The molecule has 1 aromatic carbocycles. The first kappa shape index (κ1) is 11.9. The average Bonchev–Trinajstić information content (AvgIpc) is 1.85. The minimum absolute atomic E-state index is 0. The minimum atomic E-state index is 0. The van der Waals surface area contributed by atoms with Crippen LogP contribution in [0, 0.1) is 6.92 Å². The predicted molar refractivity (Wildman–Crippen MR) is 55.5 cm³/mol. The van der Waals surface area contributed by atoms with E-state index in [1.807, 2.05) is 19.1 Å². The SMILES string of the molecule is Cc1ccc(C(C)C)c(O)c1.[PbH2]. The number of rotatable bonds is 1. The summed E-state index contributed by atoms with van der Waals surface area (Å²) in [5, 5.41) is 9.46. The van der Waals surface area contributed by atoms with E-state index in [-0.39, 0.29) is 27.3 Å². The molecule has 66 valence electrons. The predicted octanol–water partition coefficient (Wildman–Crippen LogP) is 1.91. The second-order valence-corrected chi connectivity index (χ2v) is 3.22. The fourth-order valence-corrected chi connectivity index (χ4v) is 1.14. The molecule has 2 radical (unpaired) electrons. The number of hydrogen-bond acceptors (Lipinski definition) is 1. The average molecular weight is 359 g/mol. The number of phenolic OH excluding ortho intramolecular Hbond substituents is 1. The molecule has 0 atom stereocenters. The van der Waals surface area contributed by atoms with Crippen LogP contribution >= 0.6 is 0 Å². The summed E-state index contributed by atoms with van der Waals surface area (Å²) < 4.78 is 0. The van der Waals surface area contributed by atoms with Crippen molar-refractivity contribution in [2.75, 3.05) is 0 Å². The molecule has 0 aromatic heterocycles. The zero-order chi connectivity index (χ0) is 8.43. The zero-order valence-corrected chi connectivity index (χ0v) is 13.5. The van der Waals surface area contributed by atoms with Crippen molar-refractivity contribution in [1.82, 2.24) is 0 Å². The molecule has 0 heterocycles. The van der Waals surface area contributed by atoms with Gasteiger partial charge in [-0.1, -0.05) is 26.0 Å². The summed E-state index contributed by atoms with van der Waals surface area (Å²) in [6.07, 6.45) is 0. The van der Waals surface area contributed by atoms with Gasteiger partial charge >= 0.3 is 27.3 Å². The van der Waals surface area contributed by atoms with Gasteiger partial charge < -0.3 is 5.11 Å². The molecule has 0 fully saturated rings. The summed E-state index contributed by atoms with van der Waals surface area (Å²) in [6, 6.07) is 5.81. The van der Waals surface area contributed by atoms with Crippen LogP contribution in [0.3, 0.4) is 0 Å². The van der Waals surface area contributed by atoms with Gasteiger partial charge in [-0.15, -0.1) is 0 Å². The van der Waals surface area contributed by atoms with Gasteiger partial charge in [-0.3, -0.25) is 0 Å². The van der Waals surface area contributed by atoms with E-state index < -0.39 is 0 Å². The Hall–Kier alpha value is -0.0579. The number of aryl methyl sites for hydroxylation is 1. The van der Waals surface area contributed by atoms with Crippen molar-refractivity contribution >= 4 is 27.3 Å². The fourth-order valence-electron chi connectivity index (χ4n) is 1.14. The van der Waals surface area contributed by atoms with Gasteiger partial charge in [0, 0.05) is 0 Å². The molecule has 0 bridgehead atoms. The molecular weight excluding hydrogens is 343 g/mol. The molecule has 1 aromatic rings. The molecule has 0 saturated carbocycles. The topological polar surface area (TPSA) is 20.2 Å². The van der Waals surface area contributed by atoms with Crippen LogP contribution in [0.1, 0.15) is 30.9 Å². The Kier molecular flexibility index (Phi) is 4.82. The molecule has 0 aliphatic carbocycles. The third-order valence-corrected chi connectivity index (χ3v) is 1.81. The van der Waals surface area contributed by atoms with Gasteiger partial charge in [0.25, 0.3) is 0 Å². The number of hydrogen-bond donors (Lipinski definition) is 1. The van der Waals surface area contributed by atoms with E-state index in [0.29, 0.717) is 11.7 Å². The summed E-state index contributed by atoms with van der Waals surface area (Å²) in [6.45, 7) is 6.12. The summed E-state index contributed by atoms with van der Waals surface area (Å²) in [7, 11) is 0. The Balaban J connectivity index is 0.00000121. The van der Waals surface area contributed by atoms with Crippen molar-refractivity contribution in [3.8, 4) is 5.75 Å². The van der Waals surface area contributed by atoms with E-state index in [9.17, 15) is 5.11 Å². The van der Waals surface area contributed by atoms with Crippen LogP contribution in [0.5, 0.6) is 5.75 Å². The first-order valence-corrected chi connectivity index (χ1v) is 3.91. The second kappa shape index (κ2) is 4.84. The van der Waals surface area contributed by atoms with Crippen LogP contribution in [-0.2, 0) is 0 Å². The van der Waals surface area contributed by atoms with Gasteiger partial charge in [-0.05, 0) is 30.0 Å². The van der Waals surface area contributed by atoms with Crippen molar-refractivity contribution in [3.63, 3.8) is 0 Å². The monoisotopic (exact) mass is 360 g/mol. The standard InChI is InChI=1S/C10H14O.Pb.2H/c1-7(2)9-5-4-8(3)6-10(9)11;;;/h4-7,11H,1-3H3;;;. The summed E-state index contributed by atoms with van der Waals surface area (Å²) in [5.41, 5.74) is 2.13. The van der Waals surface area contributed by atoms with E-state index in [0.717, 1.165) is 11.1 Å². The van der Waals surface area contributed by atoms with Gasteiger partial charge in [0.05, 0.1) is 0 Å². The maximum absolute atomic E-state index is 9.46. The Morgan fingerprint density at radius 3 is 2.25 bits per heavy atom. The van der Waals surface area contributed by atoms with Crippen LogP contribution in [0.4, 0.5) is 0 Å². The Morgan fingerprint density at radius 2 is 1.83 bits per heavy atom. The van der Waals surface area contributed by atoms with Gasteiger partial charge in [-0.2, -0.15) is 0 Å². The molecule has 1 N–H and O–H groups in total. The number of benzene rings is 1. The zero-order valence-electron chi connectivity index (χ0n) is 7.96. The molecule has 2 heteroatoms. The molecule has 1 rings (SSSR count). The summed E-state index contributed by atoms with van der Waals surface area (Å²) in [5.74, 6) is 0.815. The number of phenols is 1. The van der Waals surface area contributed by atoms with Gasteiger partial charge in [-0.25, -0.2) is 0 Å². The van der Waals surface area contributed by atoms with Crippen LogP contribution < -0.4 is 0 Å². The van der Waals surface area contributed by atoms with E-state index >= 15 is 0 Å². The molecule has 1 nitrogen and oxygen atoms in total. The maximum atomic E-state index is 9.46. The van der Waals surface area contributed by atoms with E-state index in [4.69, 9.17) is 0 Å². The molecule has 0 aliphatic heterocycles. The summed E-state index contributed by atoms with van der Waals surface area (Å²) in [4.78, 5) is 0. The third kappa shape index (κ3) is 2.77. The van der Waals surface area contributed by atoms with E-state index in [1.165, 1.54) is 0 Å². The molecule has 0 saturated heterocycles. The number of aromatic hydroxyl groups is 1. The first-order chi connectivity index (χ1) is 5.11. The van der Waals surface area contributed by atoms with Crippen molar-refractivity contribution in [3.05, 3.63) is 29.3 Å². The van der Waals surface area contributed by atoms with Crippen molar-refractivity contribution in [2.45, 2.75) is 26.7 Å². The van der Waals surface area contributed by atoms with Gasteiger partial charge in [0.2, 0.25) is 0 Å². The molecule has 0 aliphatic rings. The molecular formula is C10H16OPb. The van der Waals surface area contributed by atoms with Crippen molar-refractivity contribution in [1.29, 1.82) is 0 Å². The first-order valence-electron chi connectivity index (χ1n) is 3.91. The van der Waals surface area contributed by atoms with Crippen LogP contribution in [0.2, 0.25) is 0 Å². The molecule has 0 amide bonds. The Labute approximate surface area is 94.0 Å². The van der Waals surface area contributed by atoms with Crippen LogP contribution in [0.25, 0.3) is 0 Å². The fraction of sp³-hybridized carbons (Fsp3) is 0.400. The normalized spacial score (nSPS) is 9.67. The van der Waals surface area contributed by atoms with Crippen LogP contribution in [0.15, 0.2) is 18.2 Å². The van der Waals surface area contributed by atoms with Gasteiger partial charge in [0.15, 0.2) is 0 Å². The third-order valence-electron chi connectivity index (χ3n) is 1.81. The van der Waals surface area contributed by atoms with Crippen molar-refractivity contribution in [2.24, 2.45) is 0 Å². The Bertz CT molecular complexity index is 256. The quantitative estimate of drug-likeness (QED) is 0.760. The van der Waals surface area contributed by atoms with Crippen LogP contribution in [-0.4, -0.2) is 32.4 Å². The molecule has 0 spiro atoms. The van der Waals surface area contributed by atoms with Gasteiger partial charge in [0.1, 0.15) is 5.75 Å². The van der Waals surface area contributed by atoms with E-state index in [1.54, 1.807) is 6.07 Å². The van der Waals surface area contributed by atoms with Crippen molar-refractivity contribution < 1.29 is 5.11 Å². The summed E-state index contributed by atoms with van der Waals surface area (Å²) >= 11 is 0.